The molecule has 7 heteroatoms. The van der Waals surface area contributed by atoms with E-state index < -0.39 is 11.8 Å². The molecule has 118 valence electrons. The molecular weight excluding hydrogens is 282 g/mol. The molecule has 2 amide bonds. The molecule has 2 aromatic rings. The summed E-state index contributed by atoms with van der Waals surface area (Å²) in [6.45, 7) is 7.14. The lowest BCUT2D eigenvalue weighted by atomic mass is 10.2. The second-order valence-electron chi connectivity index (χ2n) is 4.91. The van der Waals surface area contributed by atoms with Gasteiger partial charge in [-0.05, 0) is 31.3 Å². The molecule has 2 rings (SSSR count). The van der Waals surface area contributed by atoms with E-state index in [0.29, 0.717) is 12.2 Å². The molecule has 7 nitrogen and oxygen atoms in total. The SMILES string of the molecule is CCN(CC)CCNC(=O)C(=O)Nc1ccc2cn[nH]c2c1. The van der Waals surface area contributed by atoms with Crippen molar-refractivity contribution < 1.29 is 9.59 Å². The van der Waals surface area contributed by atoms with Crippen LogP contribution in [-0.2, 0) is 9.59 Å². The lowest BCUT2D eigenvalue weighted by molar-refractivity contribution is -0.136. The summed E-state index contributed by atoms with van der Waals surface area (Å²) in [5.74, 6) is -1.30. The smallest absolute Gasteiger partial charge is 0.313 e. The Labute approximate surface area is 129 Å². The van der Waals surface area contributed by atoms with Crippen LogP contribution in [0.25, 0.3) is 10.9 Å². The predicted molar refractivity (Wildman–Crippen MR) is 85.5 cm³/mol. The first-order valence-electron chi connectivity index (χ1n) is 7.38. The van der Waals surface area contributed by atoms with Gasteiger partial charge in [0.25, 0.3) is 0 Å². The van der Waals surface area contributed by atoms with Crippen molar-refractivity contribution in [2.24, 2.45) is 0 Å². The number of nitrogens with zero attached hydrogens (tertiary/aromatic N) is 2. The van der Waals surface area contributed by atoms with Gasteiger partial charge in [0.15, 0.2) is 0 Å². The van der Waals surface area contributed by atoms with Gasteiger partial charge in [-0.2, -0.15) is 5.10 Å². The molecule has 1 aromatic carbocycles. The predicted octanol–water partition coefficient (Wildman–Crippen LogP) is 0.959. The molecule has 0 atom stereocenters. The Bertz CT molecular complexity index is 648. The molecule has 0 aliphatic carbocycles. The summed E-state index contributed by atoms with van der Waals surface area (Å²) in [5.41, 5.74) is 1.36. The van der Waals surface area contributed by atoms with E-state index >= 15 is 0 Å². The number of aromatic amines is 1. The third-order valence-corrected chi connectivity index (χ3v) is 3.51. The highest BCUT2D eigenvalue weighted by Gasteiger charge is 2.13. The summed E-state index contributed by atoms with van der Waals surface area (Å²) in [4.78, 5) is 25.8. The highest BCUT2D eigenvalue weighted by molar-refractivity contribution is 6.39. The number of hydrogen-bond acceptors (Lipinski definition) is 4. The van der Waals surface area contributed by atoms with E-state index in [1.165, 1.54) is 0 Å². The van der Waals surface area contributed by atoms with Gasteiger partial charge in [-0.3, -0.25) is 14.7 Å². The maximum atomic E-state index is 11.8. The Morgan fingerprint density at radius 3 is 2.73 bits per heavy atom. The molecule has 0 aliphatic heterocycles. The van der Waals surface area contributed by atoms with Gasteiger partial charge in [0.2, 0.25) is 0 Å². The van der Waals surface area contributed by atoms with Gasteiger partial charge >= 0.3 is 11.8 Å². The zero-order valence-electron chi connectivity index (χ0n) is 12.8. The average molecular weight is 303 g/mol. The van der Waals surface area contributed by atoms with E-state index in [2.05, 4.69) is 39.6 Å². The Morgan fingerprint density at radius 1 is 1.23 bits per heavy atom. The number of hydrogen-bond donors (Lipinski definition) is 3. The van der Waals surface area contributed by atoms with Gasteiger partial charge in [-0.1, -0.05) is 13.8 Å². The lowest BCUT2D eigenvalue weighted by Crippen LogP contribution is -2.40. The molecular formula is C15H21N5O2. The third kappa shape index (κ3) is 4.05. The van der Waals surface area contributed by atoms with E-state index in [4.69, 9.17) is 0 Å². The maximum Gasteiger partial charge on any atom is 0.313 e. The van der Waals surface area contributed by atoms with Gasteiger partial charge in [0.05, 0.1) is 11.7 Å². The van der Waals surface area contributed by atoms with Crippen molar-refractivity contribution in [2.75, 3.05) is 31.5 Å². The fourth-order valence-electron chi connectivity index (χ4n) is 2.15. The van der Waals surface area contributed by atoms with Crippen LogP contribution in [0.1, 0.15) is 13.8 Å². The fraction of sp³-hybridized carbons (Fsp3) is 0.400. The number of rotatable bonds is 6. The Kier molecular flexibility index (Phi) is 5.48. The quantitative estimate of drug-likeness (QED) is 0.693. The number of carbonyl (C=O) groups is 2. The van der Waals surface area contributed by atoms with Crippen LogP contribution in [0.15, 0.2) is 24.4 Å². The summed E-state index contributed by atoms with van der Waals surface area (Å²) >= 11 is 0. The average Bonchev–Trinajstić information content (AvgIpc) is 2.99. The van der Waals surface area contributed by atoms with Crippen molar-refractivity contribution >= 4 is 28.4 Å². The molecule has 0 saturated heterocycles. The van der Waals surface area contributed by atoms with E-state index in [1.807, 2.05) is 6.07 Å². The zero-order valence-corrected chi connectivity index (χ0v) is 12.8. The minimum Gasteiger partial charge on any atom is -0.347 e. The van der Waals surface area contributed by atoms with Crippen molar-refractivity contribution in [2.45, 2.75) is 13.8 Å². The molecule has 3 N–H and O–H groups in total. The van der Waals surface area contributed by atoms with Crippen LogP contribution in [0, 0.1) is 0 Å². The first kappa shape index (κ1) is 16.0. The summed E-state index contributed by atoms with van der Waals surface area (Å²) in [5, 5.41) is 12.9. The molecule has 0 radical (unpaired) electrons. The Balaban J connectivity index is 1.84. The number of benzene rings is 1. The molecule has 0 saturated carbocycles. The summed E-state index contributed by atoms with van der Waals surface area (Å²) < 4.78 is 0. The minimum absolute atomic E-state index is 0.452. The fourth-order valence-corrected chi connectivity index (χ4v) is 2.15. The number of aromatic nitrogens is 2. The molecule has 0 aliphatic rings. The van der Waals surface area contributed by atoms with Crippen molar-refractivity contribution in [3.8, 4) is 0 Å². The van der Waals surface area contributed by atoms with Gasteiger partial charge in [-0.25, -0.2) is 0 Å². The van der Waals surface area contributed by atoms with Crippen LogP contribution in [0.2, 0.25) is 0 Å². The van der Waals surface area contributed by atoms with Crippen molar-refractivity contribution in [1.82, 2.24) is 20.4 Å². The zero-order chi connectivity index (χ0) is 15.9. The van der Waals surface area contributed by atoms with E-state index in [9.17, 15) is 9.59 Å². The molecule has 0 fully saturated rings. The lowest BCUT2D eigenvalue weighted by Gasteiger charge is -2.17. The van der Waals surface area contributed by atoms with Crippen LogP contribution in [0.4, 0.5) is 5.69 Å². The second-order valence-corrected chi connectivity index (χ2v) is 4.91. The van der Waals surface area contributed by atoms with Crippen molar-refractivity contribution in [1.29, 1.82) is 0 Å². The van der Waals surface area contributed by atoms with Crippen molar-refractivity contribution in [3.63, 3.8) is 0 Å². The molecule has 0 unspecified atom stereocenters. The number of H-pyrrole nitrogens is 1. The van der Waals surface area contributed by atoms with Gasteiger partial charge in [0.1, 0.15) is 0 Å². The molecule has 1 heterocycles. The van der Waals surface area contributed by atoms with Crippen LogP contribution in [0.3, 0.4) is 0 Å². The second kappa shape index (κ2) is 7.56. The maximum absolute atomic E-state index is 11.8. The molecule has 0 bridgehead atoms. The van der Waals surface area contributed by atoms with E-state index in [-0.39, 0.29) is 0 Å². The Morgan fingerprint density at radius 2 is 2.00 bits per heavy atom. The topological polar surface area (TPSA) is 90.1 Å². The molecule has 0 spiro atoms. The highest BCUT2D eigenvalue weighted by Crippen LogP contribution is 2.16. The number of likely N-dealkylation sites (N-methyl/N-ethyl adjacent to an activating group) is 1. The van der Waals surface area contributed by atoms with Gasteiger partial charge < -0.3 is 15.5 Å². The number of fused-ring (bicyclic) bond motifs is 1. The molecule has 22 heavy (non-hydrogen) atoms. The van der Waals surface area contributed by atoms with Crippen LogP contribution in [0.5, 0.6) is 0 Å². The summed E-state index contributed by atoms with van der Waals surface area (Å²) in [7, 11) is 0. The van der Waals surface area contributed by atoms with E-state index in [0.717, 1.165) is 30.5 Å². The Hall–Kier alpha value is -2.41. The number of nitrogens with one attached hydrogen (secondary N) is 3. The number of carbonyl (C=O) groups excluding carboxylic acids is 2. The monoisotopic (exact) mass is 303 g/mol. The molecule has 1 aromatic heterocycles. The van der Waals surface area contributed by atoms with Gasteiger partial charge in [0, 0.05) is 24.2 Å². The standard InChI is InChI=1S/C15H21N5O2/c1-3-20(4-2)8-7-16-14(21)15(22)18-12-6-5-11-10-17-19-13(11)9-12/h5-6,9-10H,3-4,7-8H2,1-2H3,(H,16,21)(H,17,19)(H,18,22). The highest BCUT2D eigenvalue weighted by atomic mass is 16.2. The van der Waals surface area contributed by atoms with Gasteiger partial charge in [-0.15, -0.1) is 0 Å². The van der Waals surface area contributed by atoms with Crippen LogP contribution < -0.4 is 10.6 Å². The first-order chi connectivity index (χ1) is 10.6. The largest absolute Gasteiger partial charge is 0.347 e. The number of anilines is 1. The minimum atomic E-state index is -0.668. The van der Waals surface area contributed by atoms with E-state index in [1.54, 1.807) is 18.3 Å². The summed E-state index contributed by atoms with van der Waals surface area (Å²) in [6, 6.07) is 5.30. The normalized spacial score (nSPS) is 10.9. The van der Waals surface area contributed by atoms with Crippen LogP contribution >= 0.6 is 0 Å². The number of amides is 2. The summed E-state index contributed by atoms with van der Waals surface area (Å²) in [6.07, 6.45) is 1.70. The first-order valence-corrected chi connectivity index (χ1v) is 7.38. The van der Waals surface area contributed by atoms with Crippen LogP contribution in [-0.4, -0.2) is 53.1 Å². The third-order valence-electron chi connectivity index (χ3n) is 3.51. The van der Waals surface area contributed by atoms with Crippen molar-refractivity contribution in [3.05, 3.63) is 24.4 Å².